The first kappa shape index (κ1) is 11.2. The van der Waals surface area contributed by atoms with Gasteiger partial charge in [-0.2, -0.15) is 0 Å². The molecular formula is C11H11ClO4. The third kappa shape index (κ3) is 1.99. The van der Waals surface area contributed by atoms with E-state index in [1.807, 2.05) is 0 Å². The van der Waals surface area contributed by atoms with Gasteiger partial charge in [-0.15, -0.1) is 0 Å². The lowest BCUT2D eigenvalue weighted by Crippen LogP contribution is -2.09. The second-order valence-corrected chi connectivity index (χ2v) is 3.82. The molecule has 1 aliphatic heterocycles. The first-order chi connectivity index (χ1) is 7.67. The van der Waals surface area contributed by atoms with Gasteiger partial charge in [-0.05, 0) is 18.2 Å². The van der Waals surface area contributed by atoms with E-state index in [9.17, 15) is 4.79 Å². The van der Waals surface area contributed by atoms with Gasteiger partial charge in [-0.1, -0.05) is 11.6 Å². The summed E-state index contributed by atoms with van der Waals surface area (Å²) in [7, 11) is 2.89. The van der Waals surface area contributed by atoms with Crippen molar-refractivity contribution in [1.29, 1.82) is 0 Å². The van der Waals surface area contributed by atoms with Crippen molar-refractivity contribution >= 4 is 17.6 Å². The fourth-order valence-corrected chi connectivity index (χ4v) is 1.75. The number of carbonyl (C=O) groups excluding carboxylic acids is 1. The number of rotatable bonds is 3. The zero-order valence-electron chi connectivity index (χ0n) is 8.90. The van der Waals surface area contributed by atoms with Crippen molar-refractivity contribution < 1.29 is 19.0 Å². The van der Waals surface area contributed by atoms with Gasteiger partial charge in [0, 0.05) is 10.6 Å². The van der Waals surface area contributed by atoms with E-state index in [1.54, 1.807) is 25.3 Å². The molecule has 1 heterocycles. The first-order valence-corrected chi connectivity index (χ1v) is 5.12. The average Bonchev–Trinajstić information content (AvgIpc) is 3.08. The number of hydrogen-bond acceptors (Lipinski definition) is 4. The number of esters is 1. The minimum atomic E-state index is -0.544. The van der Waals surface area contributed by atoms with Crippen molar-refractivity contribution in [3.63, 3.8) is 0 Å². The van der Waals surface area contributed by atoms with Crippen LogP contribution in [0.25, 0.3) is 0 Å². The lowest BCUT2D eigenvalue weighted by atomic mass is 10.1. The highest BCUT2D eigenvalue weighted by molar-refractivity contribution is 6.30. The van der Waals surface area contributed by atoms with Crippen molar-refractivity contribution in [3.05, 3.63) is 28.8 Å². The standard InChI is InChI=1S/C11H11ClO4/c1-14-8-4-3-6(12)5-7(8)9-10(16-9)11(13)15-2/h3-5,9-10H,1-2H3/t9-,10-/m0/s1. The van der Waals surface area contributed by atoms with Crippen LogP contribution in [0.1, 0.15) is 11.7 Å². The number of methoxy groups -OCH3 is 2. The Morgan fingerprint density at radius 1 is 1.44 bits per heavy atom. The summed E-state index contributed by atoms with van der Waals surface area (Å²) in [6.45, 7) is 0. The number of epoxide rings is 1. The largest absolute Gasteiger partial charge is 0.496 e. The molecule has 16 heavy (non-hydrogen) atoms. The minimum Gasteiger partial charge on any atom is -0.496 e. The summed E-state index contributed by atoms with van der Waals surface area (Å²) < 4.78 is 15.0. The van der Waals surface area contributed by atoms with Crippen LogP contribution in [0.15, 0.2) is 18.2 Å². The summed E-state index contributed by atoms with van der Waals surface area (Å²) in [5, 5.41) is 0.579. The third-order valence-corrected chi connectivity index (χ3v) is 2.66. The lowest BCUT2D eigenvalue weighted by Gasteiger charge is -2.06. The SMILES string of the molecule is COC(=O)[C@H]1O[C@H]1c1cc(Cl)ccc1OC. The lowest BCUT2D eigenvalue weighted by molar-refractivity contribution is -0.142. The second kappa shape index (κ2) is 4.31. The predicted octanol–water partition coefficient (Wildman–Crippen LogP) is 1.96. The molecule has 0 N–H and O–H groups in total. The quantitative estimate of drug-likeness (QED) is 0.601. The smallest absolute Gasteiger partial charge is 0.338 e. The molecule has 0 radical (unpaired) electrons. The molecule has 0 saturated carbocycles. The molecule has 4 nitrogen and oxygen atoms in total. The van der Waals surface area contributed by atoms with Crippen LogP contribution in [-0.4, -0.2) is 26.3 Å². The normalized spacial score (nSPS) is 22.7. The minimum absolute atomic E-state index is 0.318. The van der Waals surface area contributed by atoms with Crippen LogP contribution in [0.5, 0.6) is 5.75 Å². The van der Waals surface area contributed by atoms with Crippen LogP contribution >= 0.6 is 11.6 Å². The number of carbonyl (C=O) groups is 1. The molecule has 2 rings (SSSR count). The summed E-state index contributed by atoms with van der Waals surface area (Å²) >= 11 is 5.88. The van der Waals surface area contributed by atoms with Crippen molar-refractivity contribution in [3.8, 4) is 5.75 Å². The van der Waals surface area contributed by atoms with Crippen molar-refractivity contribution in [1.82, 2.24) is 0 Å². The topological polar surface area (TPSA) is 48.1 Å². The highest BCUT2D eigenvalue weighted by Gasteiger charge is 2.48. The molecule has 0 unspecified atom stereocenters. The van der Waals surface area contributed by atoms with Crippen molar-refractivity contribution in [2.24, 2.45) is 0 Å². The number of ether oxygens (including phenoxy) is 3. The van der Waals surface area contributed by atoms with Gasteiger partial charge in [0.25, 0.3) is 0 Å². The van der Waals surface area contributed by atoms with Crippen LogP contribution in [0.4, 0.5) is 0 Å². The van der Waals surface area contributed by atoms with E-state index in [-0.39, 0.29) is 12.1 Å². The van der Waals surface area contributed by atoms with Crippen LogP contribution < -0.4 is 4.74 Å². The molecule has 1 aliphatic rings. The van der Waals surface area contributed by atoms with E-state index in [2.05, 4.69) is 4.74 Å². The highest BCUT2D eigenvalue weighted by atomic mass is 35.5. The Hall–Kier alpha value is -1.26. The summed E-state index contributed by atoms with van der Waals surface area (Å²) in [4.78, 5) is 11.2. The molecule has 0 aromatic heterocycles. The molecule has 1 saturated heterocycles. The molecule has 2 atom stereocenters. The fraction of sp³-hybridized carbons (Fsp3) is 0.364. The predicted molar refractivity (Wildman–Crippen MR) is 57.6 cm³/mol. The van der Waals surface area contributed by atoms with Gasteiger partial charge in [0.2, 0.25) is 0 Å². The van der Waals surface area contributed by atoms with E-state index in [1.165, 1.54) is 7.11 Å². The van der Waals surface area contributed by atoms with Crippen molar-refractivity contribution in [2.45, 2.75) is 12.2 Å². The van der Waals surface area contributed by atoms with Gasteiger partial charge in [0.05, 0.1) is 14.2 Å². The Balaban J connectivity index is 2.22. The molecule has 1 aromatic rings. The Bertz CT molecular complexity index is 418. The molecule has 0 aliphatic carbocycles. The second-order valence-electron chi connectivity index (χ2n) is 3.39. The van der Waals surface area contributed by atoms with Gasteiger partial charge in [-0.3, -0.25) is 0 Å². The molecule has 5 heteroatoms. The number of halogens is 1. The van der Waals surface area contributed by atoms with Gasteiger partial charge in [-0.25, -0.2) is 4.79 Å². The summed E-state index contributed by atoms with van der Waals surface area (Å²) in [5.41, 5.74) is 0.769. The number of benzene rings is 1. The zero-order valence-corrected chi connectivity index (χ0v) is 9.65. The van der Waals surface area contributed by atoms with E-state index in [0.29, 0.717) is 10.8 Å². The average molecular weight is 243 g/mol. The zero-order chi connectivity index (χ0) is 11.7. The Kier molecular flexibility index (Phi) is 3.03. The number of hydrogen-bond donors (Lipinski definition) is 0. The summed E-state index contributed by atoms with van der Waals surface area (Å²) in [5.74, 6) is 0.271. The van der Waals surface area contributed by atoms with E-state index in [4.69, 9.17) is 21.1 Å². The van der Waals surface area contributed by atoms with E-state index >= 15 is 0 Å². The summed E-state index contributed by atoms with van der Waals surface area (Å²) in [6.07, 6.45) is -0.863. The van der Waals surface area contributed by atoms with Gasteiger partial charge >= 0.3 is 5.97 Å². The maximum absolute atomic E-state index is 11.2. The van der Waals surface area contributed by atoms with Gasteiger partial charge in [0.15, 0.2) is 6.10 Å². The fourth-order valence-electron chi connectivity index (χ4n) is 1.57. The Morgan fingerprint density at radius 3 is 2.81 bits per heavy atom. The molecule has 1 aromatic carbocycles. The van der Waals surface area contributed by atoms with E-state index < -0.39 is 6.10 Å². The van der Waals surface area contributed by atoms with Gasteiger partial charge < -0.3 is 14.2 Å². The first-order valence-electron chi connectivity index (χ1n) is 4.74. The molecule has 0 spiro atoms. The molecule has 0 amide bonds. The van der Waals surface area contributed by atoms with Crippen LogP contribution in [0.2, 0.25) is 5.02 Å². The van der Waals surface area contributed by atoms with Crippen molar-refractivity contribution in [2.75, 3.05) is 14.2 Å². The Morgan fingerprint density at radius 2 is 2.19 bits per heavy atom. The Labute approximate surface area is 98.1 Å². The maximum Gasteiger partial charge on any atom is 0.338 e. The van der Waals surface area contributed by atoms with Crippen LogP contribution in [-0.2, 0) is 14.3 Å². The summed E-state index contributed by atoms with van der Waals surface area (Å²) in [6, 6.07) is 5.20. The molecular weight excluding hydrogens is 232 g/mol. The molecule has 0 bridgehead atoms. The maximum atomic E-state index is 11.2. The third-order valence-electron chi connectivity index (χ3n) is 2.42. The highest BCUT2D eigenvalue weighted by Crippen LogP contribution is 2.44. The van der Waals surface area contributed by atoms with E-state index in [0.717, 1.165) is 5.56 Å². The van der Waals surface area contributed by atoms with Crippen LogP contribution in [0, 0.1) is 0 Å². The molecule has 86 valence electrons. The monoisotopic (exact) mass is 242 g/mol. The van der Waals surface area contributed by atoms with Gasteiger partial charge in [0.1, 0.15) is 11.9 Å². The van der Waals surface area contributed by atoms with Crippen LogP contribution in [0.3, 0.4) is 0 Å². The molecule has 1 fully saturated rings.